The molecule has 1 amide bonds. The highest BCUT2D eigenvalue weighted by atomic mass is 16.5. The molecular formula is C29H31N7O2. The van der Waals surface area contributed by atoms with Gasteiger partial charge in [-0.3, -0.25) is 9.69 Å². The van der Waals surface area contributed by atoms with E-state index in [2.05, 4.69) is 36.9 Å². The van der Waals surface area contributed by atoms with E-state index in [1.165, 1.54) is 5.69 Å². The third-order valence-electron chi connectivity index (χ3n) is 7.68. The van der Waals surface area contributed by atoms with E-state index in [0.717, 1.165) is 79.8 Å². The molecular weight excluding hydrogens is 478 g/mol. The number of anilines is 1. The minimum Gasteiger partial charge on any atom is -0.493 e. The molecule has 1 N–H and O–H groups in total. The molecule has 3 aromatic heterocycles. The number of H-pyrrole nitrogens is 1. The Morgan fingerprint density at radius 3 is 2.74 bits per heavy atom. The van der Waals surface area contributed by atoms with Gasteiger partial charge in [-0.25, -0.2) is 9.97 Å². The van der Waals surface area contributed by atoms with E-state index in [1.54, 1.807) is 12.1 Å². The van der Waals surface area contributed by atoms with E-state index >= 15 is 0 Å². The Labute approximate surface area is 221 Å². The molecule has 0 radical (unpaired) electrons. The van der Waals surface area contributed by atoms with Crippen LogP contribution in [0.25, 0.3) is 21.9 Å². The maximum Gasteiger partial charge on any atom is 0.236 e. The number of piperidine rings is 1. The van der Waals surface area contributed by atoms with E-state index in [1.807, 2.05) is 41.7 Å². The standard InChI is InChI=1S/C29H31N7O2/c30-16-21-3-5-23(6-4-21)38-20-22-2-1-11-36(18-22)27(37)19-34-12-14-35(15-13-34)26-8-10-31-25-17-33-29-24(28(25)26)7-9-32-29/h3-10,17,22,31H,1-2,11-15,18-20H2. The zero-order valence-corrected chi connectivity index (χ0v) is 21.3. The number of hydrogen-bond donors (Lipinski definition) is 1. The second-order valence-electron chi connectivity index (χ2n) is 10.2. The van der Waals surface area contributed by atoms with Crippen molar-refractivity contribution in [1.82, 2.24) is 24.8 Å². The van der Waals surface area contributed by atoms with Gasteiger partial charge in [0.25, 0.3) is 0 Å². The lowest BCUT2D eigenvalue weighted by Gasteiger charge is -2.38. The Morgan fingerprint density at radius 2 is 1.92 bits per heavy atom. The number of pyridine rings is 2. The maximum absolute atomic E-state index is 13.2. The van der Waals surface area contributed by atoms with Crippen molar-refractivity contribution < 1.29 is 9.53 Å². The molecule has 0 spiro atoms. The van der Waals surface area contributed by atoms with Crippen molar-refractivity contribution in [3.63, 3.8) is 0 Å². The summed E-state index contributed by atoms with van der Waals surface area (Å²) < 4.78 is 5.96. The highest BCUT2D eigenvalue weighted by molar-refractivity contribution is 6.10. The van der Waals surface area contributed by atoms with Crippen molar-refractivity contribution in [2.24, 2.45) is 5.92 Å². The number of aromatic amines is 1. The van der Waals surface area contributed by atoms with Crippen LogP contribution in [0.5, 0.6) is 5.75 Å². The van der Waals surface area contributed by atoms with Crippen LogP contribution < -0.4 is 9.64 Å². The zero-order valence-electron chi connectivity index (χ0n) is 21.3. The number of piperazine rings is 1. The number of ether oxygens (including phenoxy) is 1. The van der Waals surface area contributed by atoms with Gasteiger partial charge >= 0.3 is 0 Å². The summed E-state index contributed by atoms with van der Waals surface area (Å²) in [6.45, 7) is 6.02. The monoisotopic (exact) mass is 509 g/mol. The molecule has 194 valence electrons. The number of nitrogens with one attached hydrogen (secondary N) is 1. The van der Waals surface area contributed by atoms with Crippen molar-refractivity contribution in [1.29, 1.82) is 5.26 Å². The molecule has 2 saturated heterocycles. The van der Waals surface area contributed by atoms with Gasteiger partial charge in [-0.15, -0.1) is 0 Å². The fourth-order valence-corrected chi connectivity index (χ4v) is 5.61. The third-order valence-corrected chi connectivity index (χ3v) is 7.68. The number of aromatic nitrogens is 3. The first-order chi connectivity index (χ1) is 18.7. The van der Waals surface area contributed by atoms with Gasteiger partial charge in [0.05, 0.1) is 36.5 Å². The zero-order chi connectivity index (χ0) is 25.9. The molecule has 2 aliphatic heterocycles. The number of carbonyl (C=O) groups excluding carboxylic acids is 1. The van der Waals surface area contributed by atoms with Crippen LogP contribution in [0.1, 0.15) is 18.4 Å². The highest BCUT2D eigenvalue weighted by Gasteiger charge is 2.27. The van der Waals surface area contributed by atoms with Gasteiger partial charge < -0.3 is 19.5 Å². The molecule has 38 heavy (non-hydrogen) atoms. The Kier molecular flexibility index (Phi) is 6.80. The van der Waals surface area contributed by atoms with Crippen LogP contribution in [-0.2, 0) is 4.79 Å². The summed E-state index contributed by atoms with van der Waals surface area (Å²) in [7, 11) is 0. The van der Waals surface area contributed by atoms with E-state index in [4.69, 9.17) is 10.00 Å². The van der Waals surface area contributed by atoms with Crippen molar-refractivity contribution in [3.05, 3.63) is 60.6 Å². The average molecular weight is 510 g/mol. The number of likely N-dealkylation sites (tertiary alicyclic amines) is 1. The quantitative estimate of drug-likeness (QED) is 0.425. The minimum atomic E-state index is 0.205. The summed E-state index contributed by atoms with van der Waals surface area (Å²) in [6.07, 6.45) is 7.68. The van der Waals surface area contributed by atoms with Gasteiger partial charge in [0.1, 0.15) is 5.75 Å². The van der Waals surface area contributed by atoms with Crippen LogP contribution in [-0.4, -0.2) is 83.1 Å². The smallest absolute Gasteiger partial charge is 0.236 e. The van der Waals surface area contributed by atoms with E-state index in [-0.39, 0.29) is 5.91 Å². The maximum atomic E-state index is 13.2. The summed E-state index contributed by atoms with van der Waals surface area (Å²) in [4.78, 5) is 32.0. The number of amides is 1. The van der Waals surface area contributed by atoms with Gasteiger partial charge in [-0.2, -0.15) is 5.26 Å². The SMILES string of the molecule is N#Cc1ccc(OCC2CCCN(C(=O)CN3CCN(c4cc[nH]c5cnc6nccc6c45)CC3)C2)cc1. The Hall–Kier alpha value is -4.16. The fourth-order valence-electron chi connectivity index (χ4n) is 5.61. The number of nitrogens with zero attached hydrogens (tertiary/aromatic N) is 6. The second kappa shape index (κ2) is 10.7. The van der Waals surface area contributed by atoms with Crippen molar-refractivity contribution in [2.75, 3.05) is 57.3 Å². The third kappa shape index (κ3) is 5.00. The van der Waals surface area contributed by atoms with Crippen LogP contribution >= 0.6 is 0 Å². The number of benzene rings is 1. The fraction of sp³-hybridized carbons (Fsp3) is 0.379. The summed E-state index contributed by atoms with van der Waals surface area (Å²) >= 11 is 0. The Bertz CT molecular complexity index is 1470. The van der Waals surface area contributed by atoms with E-state index < -0.39 is 0 Å². The Balaban J connectivity index is 1.03. The van der Waals surface area contributed by atoms with E-state index in [9.17, 15) is 4.79 Å². The molecule has 0 aliphatic carbocycles. The lowest BCUT2D eigenvalue weighted by Crippen LogP contribution is -2.51. The number of rotatable bonds is 6. The summed E-state index contributed by atoms with van der Waals surface area (Å²) in [6, 6.07) is 13.5. The summed E-state index contributed by atoms with van der Waals surface area (Å²) in [5.41, 5.74) is 3.58. The minimum absolute atomic E-state index is 0.205. The summed E-state index contributed by atoms with van der Waals surface area (Å²) in [5, 5.41) is 11.2. The molecule has 1 unspecified atom stereocenters. The second-order valence-corrected chi connectivity index (χ2v) is 10.2. The molecule has 2 aliphatic rings. The van der Waals surface area contributed by atoms with E-state index in [0.29, 0.717) is 24.6 Å². The molecule has 9 nitrogen and oxygen atoms in total. The normalized spacial score (nSPS) is 18.6. The van der Waals surface area contributed by atoms with Crippen LogP contribution in [0, 0.1) is 17.2 Å². The number of nitriles is 1. The van der Waals surface area contributed by atoms with Gasteiger partial charge in [0.2, 0.25) is 5.91 Å². The molecule has 1 atom stereocenters. The first-order valence-corrected chi connectivity index (χ1v) is 13.3. The largest absolute Gasteiger partial charge is 0.493 e. The molecule has 6 rings (SSSR count). The lowest BCUT2D eigenvalue weighted by molar-refractivity contribution is -0.134. The number of fused-ring (bicyclic) bond motifs is 3. The van der Waals surface area contributed by atoms with Crippen LogP contribution in [0.15, 0.2) is 55.0 Å². The predicted octanol–water partition coefficient (Wildman–Crippen LogP) is 3.42. The highest BCUT2D eigenvalue weighted by Crippen LogP contribution is 2.31. The van der Waals surface area contributed by atoms with Crippen LogP contribution in [0.4, 0.5) is 5.69 Å². The molecule has 9 heteroatoms. The lowest BCUT2D eigenvalue weighted by atomic mass is 9.99. The topological polar surface area (TPSA) is 101 Å². The first-order valence-electron chi connectivity index (χ1n) is 13.3. The van der Waals surface area contributed by atoms with Crippen molar-refractivity contribution in [2.45, 2.75) is 12.8 Å². The molecule has 4 aromatic rings. The molecule has 1 aromatic carbocycles. The number of hydrogen-bond acceptors (Lipinski definition) is 7. The number of carbonyl (C=O) groups is 1. The molecule has 5 heterocycles. The average Bonchev–Trinajstić information content (AvgIpc) is 3.46. The van der Waals surface area contributed by atoms with Gasteiger partial charge in [0.15, 0.2) is 5.65 Å². The molecule has 2 fully saturated rings. The van der Waals surface area contributed by atoms with Crippen molar-refractivity contribution >= 4 is 33.5 Å². The predicted molar refractivity (Wildman–Crippen MR) is 146 cm³/mol. The van der Waals surface area contributed by atoms with Gasteiger partial charge in [-0.05, 0) is 49.2 Å². The first kappa shape index (κ1) is 24.2. The van der Waals surface area contributed by atoms with Gasteiger partial charge in [0, 0.05) is 74.0 Å². The van der Waals surface area contributed by atoms with Crippen molar-refractivity contribution in [3.8, 4) is 11.8 Å². The summed E-state index contributed by atoms with van der Waals surface area (Å²) in [5.74, 6) is 1.29. The molecule has 0 saturated carbocycles. The van der Waals surface area contributed by atoms with Crippen LogP contribution in [0.2, 0.25) is 0 Å². The van der Waals surface area contributed by atoms with Gasteiger partial charge in [-0.1, -0.05) is 0 Å². The van der Waals surface area contributed by atoms with Crippen LogP contribution in [0.3, 0.4) is 0 Å². The Morgan fingerprint density at radius 1 is 1.08 bits per heavy atom. The molecule has 0 bridgehead atoms.